The molecule has 9 heteroatoms. The van der Waals surface area contributed by atoms with E-state index >= 15 is 0 Å². The monoisotopic (exact) mass is 407 g/mol. The van der Waals surface area contributed by atoms with Crippen LogP contribution >= 0.6 is 11.6 Å². The second kappa shape index (κ2) is 9.89. The van der Waals surface area contributed by atoms with Gasteiger partial charge in [0, 0.05) is 16.7 Å². The molecule has 2 amide bonds. The molecular weight excluding hydrogens is 386 g/mol. The molecule has 8 nitrogen and oxygen atoms in total. The summed E-state index contributed by atoms with van der Waals surface area (Å²) in [7, 11) is 0. The summed E-state index contributed by atoms with van der Waals surface area (Å²) in [5.41, 5.74) is 0.366. The minimum absolute atomic E-state index is 0.120. The molecular formula is C19H22ClN3O5. The standard InChI is InChI=1S/C19H22ClN3O5/c1-11(2)8-15(21-18(25)13-4-6-14(20)7-5-13)19(26)27-10-17(24)22-16-9-12(3)28-23-16/h4-7,9,11,15H,8,10H2,1-3H3,(H,21,25)(H,22,23,24)/t15-/m1/s1. The summed E-state index contributed by atoms with van der Waals surface area (Å²) in [6.07, 6.45) is 0.363. The van der Waals surface area contributed by atoms with Gasteiger partial charge in [-0.2, -0.15) is 0 Å². The Morgan fingerprint density at radius 3 is 2.46 bits per heavy atom. The predicted octanol–water partition coefficient (Wildman–Crippen LogP) is 2.96. The van der Waals surface area contributed by atoms with Crippen molar-refractivity contribution in [1.82, 2.24) is 10.5 Å². The number of carbonyl (C=O) groups is 3. The van der Waals surface area contributed by atoms with Crippen LogP contribution < -0.4 is 10.6 Å². The van der Waals surface area contributed by atoms with E-state index in [2.05, 4.69) is 15.8 Å². The molecule has 0 bridgehead atoms. The number of anilines is 1. The van der Waals surface area contributed by atoms with Crippen LogP contribution in [0, 0.1) is 12.8 Å². The van der Waals surface area contributed by atoms with Gasteiger partial charge >= 0.3 is 5.97 Å². The summed E-state index contributed by atoms with van der Waals surface area (Å²) in [5.74, 6) is -0.796. The van der Waals surface area contributed by atoms with Crippen LogP contribution in [0.3, 0.4) is 0 Å². The molecule has 2 aromatic rings. The van der Waals surface area contributed by atoms with E-state index in [1.165, 1.54) is 6.07 Å². The largest absolute Gasteiger partial charge is 0.454 e. The third kappa shape index (κ3) is 6.70. The Hall–Kier alpha value is -2.87. The summed E-state index contributed by atoms with van der Waals surface area (Å²) in [4.78, 5) is 36.6. The maximum Gasteiger partial charge on any atom is 0.329 e. The minimum atomic E-state index is -0.884. The topological polar surface area (TPSA) is 111 Å². The number of aromatic nitrogens is 1. The van der Waals surface area contributed by atoms with Gasteiger partial charge in [0.2, 0.25) is 0 Å². The summed E-state index contributed by atoms with van der Waals surface area (Å²) >= 11 is 5.82. The number of esters is 1. The van der Waals surface area contributed by atoms with Crippen molar-refractivity contribution < 1.29 is 23.6 Å². The molecule has 0 radical (unpaired) electrons. The number of ether oxygens (including phenoxy) is 1. The van der Waals surface area contributed by atoms with Gasteiger partial charge in [0.25, 0.3) is 11.8 Å². The molecule has 0 aliphatic heterocycles. The van der Waals surface area contributed by atoms with Gasteiger partial charge in [0.05, 0.1) is 0 Å². The lowest BCUT2D eigenvalue weighted by atomic mass is 10.0. The zero-order valence-corrected chi connectivity index (χ0v) is 16.6. The Balaban J connectivity index is 1.93. The van der Waals surface area contributed by atoms with E-state index in [4.69, 9.17) is 20.9 Å². The lowest BCUT2D eigenvalue weighted by Crippen LogP contribution is -2.43. The highest BCUT2D eigenvalue weighted by atomic mass is 35.5. The molecule has 0 spiro atoms. The number of hydrogen-bond donors (Lipinski definition) is 2. The maximum atomic E-state index is 12.4. The van der Waals surface area contributed by atoms with E-state index in [9.17, 15) is 14.4 Å². The van der Waals surface area contributed by atoms with Gasteiger partial charge in [-0.05, 0) is 43.5 Å². The summed E-state index contributed by atoms with van der Waals surface area (Å²) in [6, 6.07) is 6.94. The Bertz CT molecular complexity index is 832. The van der Waals surface area contributed by atoms with E-state index in [0.717, 1.165) is 0 Å². The first-order valence-electron chi connectivity index (χ1n) is 8.71. The average Bonchev–Trinajstić information content (AvgIpc) is 3.03. The Morgan fingerprint density at radius 1 is 1.21 bits per heavy atom. The number of nitrogens with one attached hydrogen (secondary N) is 2. The summed E-state index contributed by atoms with van der Waals surface area (Å²) in [6.45, 7) is 5.00. The summed E-state index contributed by atoms with van der Waals surface area (Å²) in [5, 5.41) is 9.22. The van der Waals surface area contributed by atoms with Crippen LogP contribution in [0.5, 0.6) is 0 Å². The van der Waals surface area contributed by atoms with Crippen molar-refractivity contribution in [2.75, 3.05) is 11.9 Å². The Labute approximate surface area is 167 Å². The van der Waals surface area contributed by atoms with Crippen molar-refractivity contribution in [2.24, 2.45) is 5.92 Å². The van der Waals surface area contributed by atoms with Crippen LogP contribution in [0.25, 0.3) is 0 Å². The van der Waals surface area contributed by atoms with Crippen molar-refractivity contribution >= 4 is 35.2 Å². The van der Waals surface area contributed by atoms with Gasteiger partial charge in [-0.15, -0.1) is 0 Å². The first-order valence-corrected chi connectivity index (χ1v) is 9.08. The number of aryl methyl sites for hydroxylation is 1. The number of rotatable bonds is 8. The van der Waals surface area contributed by atoms with E-state index in [1.54, 1.807) is 31.2 Å². The molecule has 2 rings (SSSR count). The van der Waals surface area contributed by atoms with Gasteiger partial charge < -0.3 is 19.9 Å². The van der Waals surface area contributed by atoms with Crippen molar-refractivity contribution in [1.29, 1.82) is 0 Å². The minimum Gasteiger partial charge on any atom is -0.454 e. The van der Waals surface area contributed by atoms with E-state index in [0.29, 0.717) is 22.8 Å². The maximum absolute atomic E-state index is 12.4. The first kappa shape index (κ1) is 21.4. The molecule has 2 N–H and O–H groups in total. The number of carbonyl (C=O) groups excluding carboxylic acids is 3. The molecule has 1 aromatic heterocycles. The van der Waals surface area contributed by atoms with Gasteiger partial charge in [0.1, 0.15) is 11.8 Å². The molecule has 0 aliphatic carbocycles. The molecule has 150 valence electrons. The highest BCUT2D eigenvalue weighted by molar-refractivity contribution is 6.30. The number of nitrogens with zero attached hydrogens (tertiary/aromatic N) is 1. The lowest BCUT2D eigenvalue weighted by Gasteiger charge is -2.19. The molecule has 0 saturated heterocycles. The molecule has 1 aromatic carbocycles. The van der Waals surface area contributed by atoms with Crippen LogP contribution in [0.2, 0.25) is 5.02 Å². The number of hydrogen-bond acceptors (Lipinski definition) is 6. The Kier molecular flexibility index (Phi) is 7.57. The zero-order valence-electron chi connectivity index (χ0n) is 15.8. The second-order valence-electron chi connectivity index (χ2n) is 6.64. The Morgan fingerprint density at radius 2 is 1.89 bits per heavy atom. The van der Waals surface area contributed by atoms with Crippen LogP contribution in [-0.2, 0) is 14.3 Å². The lowest BCUT2D eigenvalue weighted by molar-refractivity contribution is -0.149. The highest BCUT2D eigenvalue weighted by Crippen LogP contribution is 2.12. The van der Waals surface area contributed by atoms with E-state index < -0.39 is 30.4 Å². The SMILES string of the molecule is Cc1cc(NC(=O)COC(=O)[C@@H](CC(C)C)NC(=O)c2ccc(Cl)cc2)no1. The highest BCUT2D eigenvalue weighted by Gasteiger charge is 2.25. The third-order valence-electron chi connectivity index (χ3n) is 3.64. The molecule has 28 heavy (non-hydrogen) atoms. The van der Waals surface area contributed by atoms with Crippen LogP contribution in [-0.4, -0.2) is 35.6 Å². The number of halogens is 1. The molecule has 0 fully saturated rings. The van der Waals surface area contributed by atoms with Crippen molar-refractivity contribution in [3.05, 3.63) is 46.7 Å². The van der Waals surface area contributed by atoms with Crippen molar-refractivity contribution in [3.8, 4) is 0 Å². The second-order valence-corrected chi connectivity index (χ2v) is 7.08. The zero-order chi connectivity index (χ0) is 20.7. The molecule has 0 aliphatic rings. The van der Waals surface area contributed by atoms with Gasteiger partial charge in [-0.25, -0.2) is 4.79 Å². The first-order chi connectivity index (χ1) is 13.2. The average molecular weight is 408 g/mol. The number of benzene rings is 1. The molecule has 1 heterocycles. The van der Waals surface area contributed by atoms with Gasteiger partial charge in [-0.3, -0.25) is 9.59 Å². The number of amides is 2. The van der Waals surface area contributed by atoms with E-state index in [1.807, 2.05) is 13.8 Å². The third-order valence-corrected chi connectivity index (χ3v) is 3.90. The molecule has 0 saturated carbocycles. The fourth-order valence-electron chi connectivity index (χ4n) is 2.37. The normalized spacial score (nSPS) is 11.8. The predicted molar refractivity (Wildman–Crippen MR) is 103 cm³/mol. The fraction of sp³-hybridized carbons (Fsp3) is 0.368. The smallest absolute Gasteiger partial charge is 0.329 e. The van der Waals surface area contributed by atoms with Crippen LogP contribution in [0.1, 0.15) is 36.4 Å². The van der Waals surface area contributed by atoms with Gasteiger partial charge in [-0.1, -0.05) is 30.6 Å². The van der Waals surface area contributed by atoms with Crippen molar-refractivity contribution in [3.63, 3.8) is 0 Å². The summed E-state index contributed by atoms with van der Waals surface area (Å²) < 4.78 is 9.89. The van der Waals surface area contributed by atoms with Crippen LogP contribution in [0.15, 0.2) is 34.9 Å². The molecule has 0 unspecified atom stereocenters. The van der Waals surface area contributed by atoms with E-state index in [-0.39, 0.29) is 11.7 Å². The van der Waals surface area contributed by atoms with Crippen LogP contribution in [0.4, 0.5) is 5.82 Å². The van der Waals surface area contributed by atoms with Gasteiger partial charge in [0.15, 0.2) is 12.4 Å². The fourth-order valence-corrected chi connectivity index (χ4v) is 2.50. The van der Waals surface area contributed by atoms with Crippen molar-refractivity contribution in [2.45, 2.75) is 33.2 Å². The quantitative estimate of drug-likeness (QED) is 0.651. The molecule has 1 atom stereocenters.